The van der Waals surface area contributed by atoms with Crippen LogP contribution in [0.5, 0.6) is 0 Å². The summed E-state index contributed by atoms with van der Waals surface area (Å²) in [6.07, 6.45) is 1.77. The first-order valence-electron chi connectivity index (χ1n) is 6.22. The minimum absolute atomic E-state index is 0.271. The summed E-state index contributed by atoms with van der Waals surface area (Å²) in [6, 6.07) is 6.63. The van der Waals surface area contributed by atoms with Gasteiger partial charge in [0, 0.05) is 31.5 Å². The summed E-state index contributed by atoms with van der Waals surface area (Å²) >= 11 is 0. The van der Waals surface area contributed by atoms with Crippen molar-refractivity contribution in [1.82, 2.24) is 15.1 Å². The number of para-hydroxylation sites is 1. The van der Waals surface area contributed by atoms with E-state index in [0.717, 1.165) is 17.8 Å². The molecule has 0 aliphatic heterocycles. The van der Waals surface area contributed by atoms with E-state index in [4.69, 9.17) is 4.74 Å². The highest BCUT2D eigenvalue weighted by molar-refractivity contribution is 5.36. The van der Waals surface area contributed by atoms with E-state index in [1.54, 1.807) is 36.2 Å². The monoisotopic (exact) mass is 263 g/mol. The quantitative estimate of drug-likeness (QED) is 0.811. The highest BCUT2D eigenvalue weighted by Crippen LogP contribution is 2.16. The molecule has 0 saturated heterocycles. The van der Waals surface area contributed by atoms with Crippen molar-refractivity contribution in [1.29, 1.82) is 0 Å². The Labute approximate surface area is 112 Å². The van der Waals surface area contributed by atoms with E-state index in [9.17, 15) is 4.39 Å². The molecule has 4 nitrogen and oxygen atoms in total. The molecule has 5 heteroatoms. The van der Waals surface area contributed by atoms with Crippen LogP contribution in [-0.4, -0.2) is 30.0 Å². The fourth-order valence-electron chi connectivity index (χ4n) is 1.88. The Morgan fingerprint density at radius 2 is 2.16 bits per heavy atom. The fourth-order valence-corrected chi connectivity index (χ4v) is 1.88. The topological polar surface area (TPSA) is 39.1 Å². The Morgan fingerprint density at radius 3 is 2.89 bits per heavy atom. The molecule has 0 atom stereocenters. The zero-order chi connectivity index (χ0) is 13.7. The summed E-state index contributed by atoms with van der Waals surface area (Å²) in [5.74, 6) is -0.271. The maximum absolute atomic E-state index is 13.7. The standard InChI is InChI=1S/C14H18FN3O/c1-11-12(9-16-7-8-19-2)10-17-18(11)14-6-4-3-5-13(14)15/h3-6,10,16H,7-9H2,1-2H3. The molecule has 0 bridgehead atoms. The molecule has 19 heavy (non-hydrogen) atoms. The second kappa shape index (κ2) is 6.45. The molecule has 1 aromatic carbocycles. The van der Waals surface area contributed by atoms with Crippen molar-refractivity contribution in [3.05, 3.63) is 47.5 Å². The van der Waals surface area contributed by atoms with Gasteiger partial charge in [-0.05, 0) is 19.1 Å². The minimum atomic E-state index is -0.271. The normalized spacial score (nSPS) is 10.9. The molecule has 0 radical (unpaired) electrons. The third-order valence-electron chi connectivity index (χ3n) is 2.99. The van der Waals surface area contributed by atoms with Crippen LogP contribution in [0.25, 0.3) is 5.69 Å². The number of methoxy groups -OCH3 is 1. The predicted octanol–water partition coefficient (Wildman–Crippen LogP) is 2.06. The van der Waals surface area contributed by atoms with Gasteiger partial charge in [-0.25, -0.2) is 9.07 Å². The molecule has 102 valence electrons. The Bertz CT molecular complexity index is 539. The van der Waals surface area contributed by atoms with Gasteiger partial charge in [-0.15, -0.1) is 0 Å². The first kappa shape index (κ1) is 13.7. The lowest BCUT2D eigenvalue weighted by atomic mass is 10.2. The highest BCUT2D eigenvalue weighted by Gasteiger charge is 2.10. The van der Waals surface area contributed by atoms with E-state index in [0.29, 0.717) is 18.8 Å². The zero-order valence-electron chi connectivity index (χ0n) is 11.2. The zero-order valence-corrected chi connectivity index (χ0v) is 11.2. The maximum Gasteiger partial charge on any atom is 0.148 e. The molecule has 1 N–H and O–H groups in total. The second-order valence-corrected chi connectivity index (χ2v) is 4.29. The summed E-state index contributed by atoms with van der Waals surface area (Å²) < 4.78 is 20.3. The highest BCUT2D eigenvalue weighted by atomic mass is 19.1. The summed E-state index contributed by atoms with van der Waals surface area (Å²) in [5.41, 5.74) is 2.47. The van der Waals surface area contributed by atoms with Crippen LogP contribution in [0.4, 0.5) is 4.39 Å². The summed E-state index contributed by atoms with van der Waals surface area (Å²) in [6.45, 7) is 4.08. The van der Waals surface area contributed by atoms with Crippen LogP contribution >= 0.6 is 0 Å². The Kier molecular flexibility index (Phi) is 4.65. The van der Waals surface area contributed by atoms with Gasteiger partial charge in [0.1, 0.15) is 11.5 Å². The third kappa shape index (κ3) is 3.19. The second-order valence-electron chi connectivity index (χ2n) is 4.29. The van der Waals surface area contributed by atoms with Crippen LogP contribution in [0.3, 0.4) is 0 Å². The number of nitrogens with zero attached hydrogens (tertiary/aromatic N) is 2. The summed E-state index contributed by atoms with van der Waals surface area (Å²) in [4.78, 5) is 0. The molecule has 1 heterocycles. The number of rotatable bonds is 6. The number of hydrogen-bond acceptors (Lipinski definition) is 3. The summed E-state index contributed by atoms with van der Waals surface area (Å²) in [7, 11) is 1.67. The van der Waals surface area contributed by atoms with E-state index in [2.05, 4.69) is 10.4 Å². The molecule has 0 aliphatic carbocycles. The first-order chi connectivity index (χ1) is 9.24. The van der Waals surface area contributed by atoms with Crippen molar-refractivity contribution < 1.29 is 9.13 Å². The van der Waals surface area contributed by atoms with E-state index in [-0.39, 0.29) is 5.82 Å². The van der Waals surface area contributed by atoms with Gasteiger partial charge >= 0.3 is 0 Å². The summed E-state index contributed by atoms with van der Waals surface area (Å²) in [5, 5.41) is 7.50. The molecule has 2 aromatic rings. The van der Waals surface area contributed by atoms with Crippen LogP contribution in [-0.2, 0) is 11.3 Å². The van der Waals surface area contributed by atoms with Crippen LogP contribution in [0.15, 0.2) is 30.5 Å². The number of halogens is 1. The Hall–Kier alpha value is -1.72. The smallest absolute Gasteiger partial charge is 0.148 e. The van der Waals surface area contributed by atoms with Crippen molar-refractivity contribution >= 4 is 0 Å². The van der Waals surface area contributed by atoms with Crippen molar-refractivity contribution in [2.75, 3.05) is 20.3 Å². The molecule has 0 fully saturated rings. The average Bonchev–Trinajstić information content (AvgIpc) is 2.77. The van der Waals surface area contributed by atoms with Crippen LogP contribution in [0.1, 0.15) is 11.3 Å². The van der Waals surface area contributed by atoms with E-state index >= 15 is 0 Å². The number of benzene rings is 1. The lowest BCUT2D eigenvalue weighted by Crippen LogP contribution is -2.18. The minimum Gasteiger partial charge on any atom is -0.383 e. The first-order valence-corrected chi connectivity index (χ1v) is 6.22. The SMILES string of the molecule is COCCNCc1cnn(-c2ccccc2F)c1C. The molecular weight excluding hydrogens is 245 g/mol. The molecule has 1 aromatic heterocycles. The van der Waals surface area contributed by atoms with Gasteiger partial charge in [-0.3, -0.25) is 0 Å². The van der Waals surface area contributed by atoms with Gasteiger partial charge in [0.15, 0.2) is 0 Å². The van der Waals surface area contributed by atoms with Gasteiger partial charge in [-0.1, -0.05) is 12.1 Å². The number of nitrogens with one attached hydrogen (secondary N) is 1. The molecule has 0 aliphatic rings. The van der Waals surface area contributed by atoms with Crippen LogP contribution in [0, 0.1) is 12.7 Å². The number of hydrogen-bond donors (Lipinski definition) is 1. The largest absolute Gasteiger partial charge is 0.383 e. The third-order valence-corrected chi connectivity index (χ3v) is 2.99. The molecule has 2 rings (SSSR count). The van der Waals surface area contributed by atoms with E-state index < -0.39 is 0 Å². The molecular formula is C14H18FN3O. The lowest BCUT2D eigenvalue weighted by molar-refractivity contribution is 0.199. The predicted molar refractivity (Wildman–Crippen MR) is 71.8 cm³/mol. The molecule has 0 saturated carbocycles. The number of ether oxygens (including phenoxy) is 1. The molecule has 0 unspecified atom stereocenters. The number of aromatic nitrogens is 2. The molecule has 0 spiro atoms. The van der Waals surface area contributed by atoms with Crippen molar-refractivity contribution in [3.8, 4) is 5.69 Å². The van der Waals surface area contributed by atoms with Gasteiger partial charge in [0.2, 0.25) is 0 Å². The van der Waals surface area contributed by atoms with Gasteiger partial charge in [0.25, 0.3) is 0 Å². The van der Waals surface area contributed by atoms with Crippen molar-refractivity contribution in [3.63, 3.8) is 0 Å². The van der Waals surface area contributed by atoms with Crippen molar-refractivity contribution in [2.24, 2.45) is 0 Å². The van der Waals surface area contributed by atoms with Crippen LogP contribution < -0.4 is 5.32 Å². The fraction of sp³-hybridized carbons (Fsp3) is 0.357. The average molecular weight is 263 g/mol. The van der Waals surface area contributed by atoms with Gasteiger partial charge in [0.05, 0.1) is 12.8 Å². The lowest BCUT2D eigenvalue weighted by Gasteiger charge is -2.07. The van der Waals surface area contributed by atoms with Crippen LogP contribution in [0.2, 0.25) is 0 Å². The van der Waals surface area contributed by atoms with Gasteiger partial charge in [-0.2, -0.15) is 5.10 Å². The Balaban J connectivity index is 2.12. The maximum atomic E-state index is 13.7. The Morgan fingerprint density at radius 1 is 1.37 bits per heavy atom. The van der Waals surface area contributed by atoms with E-state index in [1.165, 1.54) is 6.07 Å². The van der Waals surface area contributed by atoms with Gasteiger partial charge < -0.3 is 10.1 Å². The van der Waals surface area contributed by atoms with E-state index in [1.807, 2.05) is 6.92 Å². The molecule has 0 amide bonds. The van der Waals surface area contributed by atoms with Crippen molar-refractivity contribution in [2.45, 2.75) is 13.5 Å².